The average molecular weight is 263 g/mol. The highest BCUT2D eigenvalue weighted by Gasteiger charge is 2.32. The first-order valence-electron chi connectivity index (χ1n) is 4.40. The van der Waals surface area contributed by atoms with Gasteiger partial charge in [0.25, 0.3) is 0 Å². The van der Waals surface area contributed by atoms with Gasteiger partial charge in [-0.15, -0.1) is 0 Å². The summed E-state index contributed by atoms with van der Waals surface area (Å²) in [5.74, 6) is -0.501. The van der Waals surface area contributed by atoms with E-state index < -0.39 is 17.8 Å². The van der Waals surface area contributed by atoms with Crippen LogP contribution in [0.4, 0.5) is 18.9 Å². The summed E-state index contributed by atoms with van der Waals surface area (Å²) in [5, 5.41) is 2.32. The number of anilines is 1. The maximum Gasteiger partial charge on any atom is 0.433 e. The second-order valence-corrected chi connectivity index (χ2v) is 3.65. The minimum atomic E-state index is -4.50. The predicted molar refractivity (Wildman–Crippen MR) is 59.3 cm³/mol. The van der Waals surface area contributed by atoms with Crippen molar-refractivity contribution in [3.63, 3.8) is 0 Å². The zero-order chi connectivity index (χ0) is 13.1. The van der Waals surface area contributed by atoms with Crippen molar-refractivity contribution in [3.05, 3.63) is 24.0 Å². The molecule has 0 bridgehead atoms. The van der Waals surface area contributed by atoms with Crippen LogP contribution < -0.4 is 11.1 Å². The van der Waals surface area contributed by atoms with Crippen LogP contribution in [0.3, 0.4) is 0 Å². The van der Waals surface area contributed by atoms with Crippen molar-refractivity contribution >= 4 is 28.8 Å². The van der Waals surface area contributed by atoms with E-state index in [2.05, 4.69) is 22.5 Å². The number of nitrogens with one attached hydrogen (secondary N) is 1. The van der Waals surface area contributed by atoms with Gasteiger partial charge in [0.1, 0.15) is 5.69 Å². The van der Waals surface area contributed by atoms with E-state index >= 15 is 0 Å². The van der Waals surface area contributed by atoms with Crippen molar-refractivity contribution < 1.29 is 18.0 Å². The molecular weight excluding hydrogens is 255 g/mol. The molecule has 1 amide bonds. The SMILES string of the molecule is NC(=S)CC(=O)Nc1ccc(C(F)(F)F)nc1. The summed E-state index contributed by atoms with van der Waals surface area (Å²) in [6, 6.07) is 1.88. The quantitative estimate of drug-likeness (QED) is 0.815. The van der Waals surface area contributed by atoms with Crippen LogP contribution in [0, 0.1) is 0 Å². The lowest BCUT2D eigenvalue weighted by atomic mass is 10.3. The Morgan fingerprint density at radius 2 is 2.12 bits per heavy atom. The Bertz CT molecular complexity index is 430. The third-order valence-corrected chi connectivity index (χ3v) is 1.82. The van der Waals surface area contributed by atoms with E-state index in [-0.39, 0.29) is 17.1 Å². The largest absolute Gasteiger partial charge is 0.433 e. The Morgan fingerprint density at radius 1 is 1.47 bits per heavy atom. The molecule has 0 saturated carbocycles. The lowest BCUT2D eigenvalue weighted by Gasteiger charge is -2.07. The van der Waals surface area contributed by atoms with E-state index in [1.165, 1.54) is 0 Å². The van der Waals surface area contributed by atoms with Gasteiger partial charge < -0.3 is 11.1 Å². The van der Waals surface area contributed by atoms with Crippen molar-refractivity contribution in [1.29, 1.82) is 0 Å². The first-order chi connectivity index (χ1) is 7.79. The Labute approximate surface area is 100 Å². The number of thiocarbonyl (C=S) groups is 1. The molecule has 0 aromatic carbocycles. The van der Waals surface area contributed by atoms with E-state index in [1.807, 2.05) is 0 Å². The third kappa shape index (κ3) is 4.35. The standard InChI is InChI=1S/C9H8F3N3OS/c10-9(11,12)6-2-1-5(4-14-6)15-8(16)3-7(13)17/h1-2,4H,3H2,(H2,13,17)(H,15,16). The molecule has 0 aliphatic rings. The Hall–Kier alpha value is -1.70. The van der Waals surface area contributed by atoms with E-state index in [4.69, 9.17) is 5.73 Å². The number of amides is 1. The number of carbonyl (C=O) groups excluding carboxylic acids is 1. The molecule has 0 saturated heterocycles. The molecule has 1 aromatic rings. The molecule has 17 heavy (non-hydrogen) atoms. The molecule has 1 aromatic heterocycles. The highest BCUT2D eigenvalue weighted by molar-refractivity contribution is 7.80. The van der Waals surface area contributed by atoms with Crippen LogP contribution in [0.2, 0.25) is 0 Å². The van der Waals surface area contributed by atoms with Crippen LogP contribution in [0.5, 0.6) is 0 Å². The van der Waals surface area contributed by atoms with Gasteiger partial charge in [0.15, 0.2) is 0 Å². The summed E-state index contributed by atoms with van der Waals surface area (Å²) < 4.78 is 36.5. The molecule has 1 heterocycles. The number of alkyl halides is 3. The van der Waals surface area contributed by atoms with Crippen LogP contribution in [-0.2, 0) is 11.0 Å². The van der Waals surface area contributed by atoms with E-state index in [0.717, 1.165) is 18.3 Å². The number of hydrogen-bond acceptors (Lipinski definition) is 3. The summed E-state index contributed by atoms with van der Waals surface area (Å²) in [7, 11) is 0. The molecule has 92 valence electrons. The zero-order valence-electron chi connectivity index (χ0n) is 8.41. The first kappa shape index (κ1) is 13.4. The van der Waals surface area contributed by atoms with Crippen molar-refractivity contribution in [1.82, 2.24) is 4.98 Å². The molecule has 0 aliphatic carbocycles. The van der Waals surface area contributed by atoms with Gasteiger partial charge in [-0.05, 0) is 12.1 Å². The van der Waals surface area contributed by atoms with Crippen LogP contribution in [0.1, 0.15) is 12.1 Å². The monoisotopic (exact) mass is 263 g/mol. The van der Waals surface area contributed by atoms with Gasteiger partial charge in [-0.3, -0.25) is 4.79 Å². The highest BCUT2D eigenvalue weighted by atomic mass is 32.1. The zero-order valence-corrected chi connectivity index (χ0v) is 9.23. The number of nitrogens with two attached hydrogens (primary N) is 1. The summed E-state index contributed by atoms with van der Waals surface area (Å²) in [5.41, 5.74) is 4.26. The second-order valence-electron chi connectivity index (χ2n) is 3.12. The second kappa shape index (κ2) is 5.09. The molecule has 4 nitrogen and oxygen atoms in total. The first-order valence-corrected chi connectivity index (χ1v) is 4.81. The molecular formula is C9H8F3N3OS. The Kier molecular flexibility index (Phi) is 4.00. The van der Waals surface area contributed by atoms with E-state index in [0.29, 0.717) is 0 Å². The molecule has 0 radical (unpaired) electrons. The van der Waals surface area contributed by atoms with Crippen LogP contribution in [0.25, 0.3) is 0 Å². The van der Waals surface area contributed by atoms with Gasteiger partial charge in [0, 0.05) is 0 Å². The van der Waals surface area contributed by atoms with Gasteiger partial charge in [-0.2, -0.15) is 13.2 Å². The third-order valence-electron chi connectivity index (χ3n) is 1.67. The minimum Gasteiger partial charge on any atom is -0.393 e. The van der Waals surface area contributed by atoms with Gasteiger partial charge >= 0.3 is 6.18 Å². The molecule has 0 fully saturated rings. The predicted octanol–water partition coefficient (Wildman–Crippen LogP) is 1.72. The molecule has 0 aliphatic heterocycles. The van der Waals surface area contributed by atoms with Gasteiger partial charge in [0.05, 0.1) is 23.3 Å². The summed E-state index contributed by atoms with van der Waals surface area (Å²) in [6.45, 7) is 0. The maximum absolute atomic E-state index is 12.2. The average Bonchev–Trinajstić information content (AvgIpc) is 2.15. The van der Waals surface area contributed by atoms with Gasteiger partial charge in [-0.1, -0.05) is 12.2 Å². The van der Waals surface area contributed by atoms with Crippen LogP contribution in [0.15, 0.2) is 18.3 Å². The lowest BCUT2D eigenvalue weighted by molar-refractivity contribution is -0.141. The number of pyridine rings is 1. The number of aromatic nitrogens is 1. The lowest BCUT2D eigenvalue weighted by Crippen LogP contribution is -2.20. The number of nitrogens with zero attached hydrogens (tertiary/aromatic N) is 1. The molecule has 8 heteroatoms. The number of rotatable bonds is 3. The minimum absolute atomic E-state index is 0.00220. The van der Waals surface area contributed by atoms with E-state index in [9.17, 15) is 18.0 Å². The topological polar surface area (TPSA) is 68.0 Å². The van der Waals surface area contributed by atoms with Crippen molar-refractivity contribution in [3.8, 4) is 0 Å². The number of hydrogen-bond donors (Lipinski definition) is 2. The van der Waals surface area contributed by atoms with Crippen molar-refractivity contribution in [2.24, 2.45) is 5.73 Å². The fourth-order valence-electron chi connectivity index (χ4n) is 0.999. The molecule has 3 N–H and O–H groups in total. The summed E-state index contributed by atoms with van der Waals surface area (Å²) in [4.78, 5) is 14.4. The molecule has 0 spiro atoms. The van der Waals surface area contributed by atoms with Crippen molar-refractivity contribution in [2.45, 2.75) is 12.6 Å². The Balaban J connectivity index is 2.69. The molecule has 0 unspecified atom stereocenters. The number of halogens is 3. The molecule has 1 rings (SSSR count). The maximum atomic E-state index is 12.2. The van der Waals surface area contributed by atoms with Gasteiger partial charge in [0.2, 0.25) is 5.91 Å². The normalized spacial score (nSPS) is 11.0. The van der Waals surface area contributed by atoms with Crippen LogP contribution >= 0.6 is 12.2 Å². The van der Waals surface area contributed by atoms with E-state index in [1.54, 1.807) is 0 Å². The fourth-order valence-corrected chi connectivity index (χ4v) is 1.13. The Morgan fingerprint density at radius 3 is 2.53 bits per heavy atom. The molecule has 0 atom stereocenters. The smallest absolute Gasteiger partial charge is 0.393 e. The van der Waals surface area contributed by atoms with Crippen LogP contribution in [-0.4, -0.2) is 15.9 Å². The summed E-state index contributed by atoms with van der Waals surface area (Å²) >= 11 is 4.51. The number of carbonyl (C=O) groups is 1. The van der Waals surface area contributed by atoms with Gasteiger partial charge in [-0.25, -0.2) is 4.98 Å². The highest BCUT2D eigenvalue weighted by Crippen LogP contribution is 2.27. The van der Waals surface area contributed by atoms with Crippen molar-refractivity contribution in [2.75, 3.05) is 5.32 Å². The fraction of sp³-hybridized carbons (Fsp3) is 0.222. The summed E-state index contributed by atoms with van der Waals surface area (Å²) in [6.07, 6.45) is -3.75.